The van der Waals surface area contributed by atoms with Gasteiger partial charge < -0.3 is 10.4 Å². The number of nitrogens with zero attached hydrogens (tertiary/aromatic N) is 3. The first kappa shape index (κ1) is 19.5. The zero-order valence-corrected chi connectivity index (χ0v) is 15.8. The topological polar surface area (TPSA) is 97.1 Å². The van der Waals surface area contributed by atoms with Gasteiger partial charge in [0.1, 0.15) is 5.82 Å². The van der Waals surface area contributed by atoms with Crippen molar-refractivity contribution in [2.45, 2.75) is 39.3 Å². The van der Waals surface area contributed by atoms with Crippen molar-refractivity contribution < 1.29 is 19.1 Å². The Kier molecular flexibility index (Phi) is 5.39. The van der Waals surface area contributed by atoms with Crippen LogP contribution in [0.3, 0.4) is 0 Å². The van der Waals surface area contributed by atoms with Gasteiger partial charge in [0.05, 0.1) is 29.6 Å². The minimum atomic E-state index is -1.07. The second-order valence-electron chi connectivity index (χ2n) is 6.91. The number of halogens is 1. The molecule has 1 atom stereocenters. The molecule has 0 bridgehead atoms. The van der Waals surface area contributed by atoms with Gasteiger partial charge in [0.15, 0.2) is 5.65 Å². The number of pyridine rings is 1. The SMILES string of the molecule is Cc1cc(C(=O)NC(CC(=O)O)c2ccc(F)cc2)c2cnn(C(C)C)c2n1. The van der Waals surface area contributed by atoms with Gasteiger partial charge >= 0.3 is 5.97 Å². The van der Waals surface area contributed by atoms with Crippen molar-refractivity contribution in [1.82, 2.24) is 20.1 Å². The molecule has 7 nitrogen and oxygen atoms in total. The van der Waals surface area contributed by atoms with E-state index < -0.39 is 23.7 Å². The molecule has 1 amide bonds. The summed E-state index contributed by atoms with van der Waals surface area (Å²) >= 11 is 0. The van der Waals surface area contributed by atoms with Crippen molar-refractivity contribution in [2.24, 2.45) is 0 Å². The van der Waals surface area contributed by atoms with E-state index in [1.54, 1.807) is 23.9 Å². The molecule has 146 valence electrons. The molecule has 1 unspecified atom stereocenters. The summed E-state index contributed by atoms with van der Waals surface area (Å²) in [5.74, 6) is -1.94. The standard InChI is InChI=1S/C20H21FN4O3/c1-11(2)25-19-16(10-22-25)15(8-12(3)23-19)20(28)24-17(9-18(26)27)13-4-6-14(21)7-5-13/h4-8,10-11,17H,9H2,1-3H3,(H,24,28)(H,26,27). The van der Waals surface area contributed by atoms with E-state index in [0.29, 0.717) is 27.9 Å². The molecule has 0 aliphatic heterocycles. The van der Waals surface area contributed by atoms with Crippen molar-refractivity contribution in [2.75, 3.05) is 0 Å². The molecule has 28 heavy (non-hydrogen) atoms. The number of benzene rings is 1. The lowest BCUT2D eigenvalue weighted by molar-refractivity contribution is -0.137. The molecule has 0 fully saturated rings. The quantitative estimate of drug-likeness (QED) is 0.679. The molecule has 0 aliphatic rings. The highest BCUT2D eigenvalue weighted by molar-refractivity contribution is 6.05. The Balaban J connectivity index is 1.98. The lowest BCUT2D eigenvalue weighted by atomic mass is 10.0. The molecule has 1 aromatic carbocycles. The summed E-state index contributed by atoms with van der Waals surface area (Å²) in [5, 5.41) is 16.9. The van der Waals surface area contributed by atoms with Gasteiger partial charge in [0, 0.05) is 11.7 Å². The molecule has 0 aliphatic carbocycles. The third-order valence-electron chi connectivity index (χ3n) is 4.39. The van der Waals surface area contributed by atoms with Gasteiger partial charge in [-0.3, -0.25) is 9.59 Å². The molecule has 2 aromatic heterocycles. The van der Waals surface area contributed by atoms with E-state index in [-0.39, 0.29) is 12.5 Å². The Hall–Kier alpha value is -3.29. The number of aromatic nitrogens is 3. The van der Waals surface area contributed by atoms with E-state index in [0.717, 1.165) is 0 Å². The predicted octanol–water partition coefficient (Wildman–Crippen LogP) is 3.41. The fourth-order valence-electron chi connectivity index (χ4n) is 3.07. The molecule has 0 radical (unpaired) electrons. The van der Waals surface area contributed by atoms with Gasteiger partial charge in [-0.15, -0.1) is 0 Å². The van der Waals surface area contributed by atoms with Crippen molar-refractivity contribution >= 4 is 22.9 Å². The Bertz CT molecular complexity index is 1030. The minimum Gasteiger partial charge on any atom is -0.481 e. The predicted molar refractivity (Wildman–Crippen MR) is 102 cm³/mol. The van der Waals surface area contributed by atoms with Gasteiger partial charge in [-0.2, -0.15) is 5.10 Å². The number of carboxylic acids is 1. The lowest BCUT2D eigenvalue weighted by Gasteiger charge is -2.18. The maximum Gasteiger partial charge on any atom is 0.305 e. The van der Waals surface area contributed by atoms with Crippen LogP contribution in [-0.4, -0.2) is 31.7 Å². The summed E-state index contributed by atoms with van der Waals surface area (Å²) in [5.41, 5.74) is 2.12. The number of rotatable bonds is 6. The molecule has 3 aromatic rings. The Morgan fingerprint density at radius 2 is 1.93 bits per heavy atom. The number of fused-ring (bicyclic) bond motifs is 1. The molecule has 3 rings (SSSR count). The highest BCUT2D eigenvalue weighted by Crippen LogP contribution is 2.23. The molecule has 0 saturated carbocycles. The average Bonchev–Trinajstić information content (AvgIpc) is 3.04. The largest absolute Gasteiger partial charge is 0.481 e. The van der Waals surface area contributed by atoms with E-state index in [1.807, 2.05) is 13.8 Å². The van der Waals surface area contributed by atoms with Crippen molar-refractivity contribution in [3.8, 4) is 0 Å². The third-order valence-corrected chi connectivity index (χ3v) is 4.39. The zero-order valence-electron chi connectivity index (χ0n) is 15.8. The number of nitrogens with one attached hydrogen (secondary N) is 1. The van der Waals surface area contributed by atoms with E-state index >= 15 is 0 Å². The van der Waals surface area contributed by atoms with Gasteiger partial charge in [-0.1, -0.05) is 12.1 Å². The number of carbonyl (C=O) groups excluding carboxylic acids is 1. The Morgan fingerprint density at radius 1 is 1.25 bits per heavy atom. The van der Waals surface area contributed by atoms with E-state index in [9.17, 15) is 19.1 Å². The monoisotopic (exact) mass is 384 g/mol. The summed E-state index contributed by atoms with van der Waals surface area (Å²) in [6.07, 6.45) is 1.26. The third kappa shape index (κ3) is 4.00. The number of hydrogen-bond donors (Lipinski definition) is 2. The lowest BCUT2D eigenvalue weighted by Crippen LogP contribution is -2.30. The fourth-order valence-corrected chi connectivity index (χ4v) is 3.07. The van der Waals surface area contributed by atoms with Crippen LogP contribution in [0.1, 0.15) is 54.0 Å². The summed E-state index contributed by atoms with van der Waals surface area (Å²) in [4.78, 5) is 28.7. The fraction of sp³-hybridized carbons (Fsp3) is 0.300. The van der Waals surface area contributed by atoms with E-state index in [4.69, 9.17) is 0 Å². The molecule has 0 spiro atoms. The number of aryl methyl sites for hydroxylation is 1. The van der Waals surface area contributed by atoms with Crippen LogP contribution in [0, 0.1) is 12.7 Å². The first-order chi connectivity index (χ1) is 13.3. The molecular weight excluding hydrogens is 363 g/mol. The average molecular weight is 384 g/mol. The van der Waals surface area contributed by atoms with Crippen LogP contribution in [0.4, 0.5) is 4.39 Å². The van der Waals surface area contributed by atoms with Crippen molar-refractivity contribution in [1.29, 1.82) is 0 Å². The molecule has 2 heterocycles. The molecular formula is C20H21FN4O3. The van der Waals surface area contributed by atoms with Gasteiger partial charge in [0.2, 0.25) is 0 Å². The summed E-state index contributed by atoms with van der Waals surface area (Å²) in [6, 6.07) is 6.32. The number of amides is 1. The van der Waals surface area contributed by atoms with Crippen LogP contribution in [0.2, 0.25) is 0 Å². The number of hydrogen-bond acceptors (Lipinski definition) is 4. The minimum absolute atomic E-state index is 0.0710. The van der Waals surface area contributed by atoms with Crippen LogP contribution >= 0.6 is 0 Å². The molecule has 2 N–H and O–H groups in total. The van der Waals surface area contributed by atoms with Crippen LogP contribution < -0.4 is 5.32 Å². The Labute approximate surface area is 161 Å². The maximum absolute atomic E-state index is 13.2. The molecule has 8 heteroatoms. The van der Waals surface area contributed by atoms with E-state index in [2.05, 4.69) is 15.4 Å². The maximum atomic E-state index is 13.2. The number of carbonyl (C=O) groups is 2. The second-order valence-corrected chi connectivity index (χ2v) is 6.91. The van der Waals surface area contributed by atoms with Gasteiger partial charge in [-0.05, 0) is 44.5 Å². The first-order valence-corrected chi connectivity index (χ1v) is 8.89. The van der Waals surface area contributed by atoms with Gasteiger partial charge in [-0.25, -0.2) is 14.1 Å². The Morgan fingerprint density at radius 3 is 2.54 bits per heavy atom. The normalized spacial score (nSPS) is 12.3. The summed E-state index contributed by atoms with van der Waals surface area (Å²) in [6.45, 7) is 5.71. The van der Waals surface area contributed by atoms with Crippen LogP contribution in [0.15, 0.2) is 36.5 Å². The number of carboxylic acid groups (broad SMARTS) is 1. The van der Waals surface area contributed by atoms with Crippen molar-refractivity contribution in [3.63, 3.8) is 0 Å². The summed E-state index contributed by atoms with van der Waals surface area (Å²) < 4.78 is 14.9. The zero-order chi connectivity index (χ0) is 20.4. The van der Waals surface area contributed by atoms with Crippen molar-refractivity contribution in [3.05, 3.63) is 59.2 Å². The highest BCUT2D eigenvalue weighted by Gasteiger charge is 2.22. The van der Waals surface area contributed by atoms with Gasteiger partial charge in [0.25, 0.3) is 5.91 Å². The molecule has 0 saturated heterocycles. The number of aliphatic carboxylic acids is 1. The second kappa shape index (κ2) is 7.75. The highest BCUT2D eigenvalue weighted by atomic mass is 19.1. The first-order valence-electron chi connectivity index (χ1n) is 8.89. The smallest absolute Gasteiger partial charge is 0.305 e. The summed E-state index contributed by atoms with van der Waals surface area (Å²) in [7, 11) is 0. The van der Waals surface area contributed by atoms with E-state index in [1.165, 1.54) is 24.3 Å². The van der Waals surface area contributed by atoms with Crippen LogP contribution in [-0.2, 0) is 4.79 Å². The van der Waals surface area contributed by atoms with Crippen LogP contribution in [0.25, 0.3) is 11.0 Å². The van der Waals surface area contributed by atoms with Crippen LogP contribution in [0.5, 0.6) is 0 Å².